The predicted molar refractivity (Wildman–Crippen MR) is 97.5 cm³/mol. The van der Waals surface area contributed by atoms with Gasteiger partial charge >= 0.3 is 0 Å². The van der Waals surface area contributed by atoms with Crippen molar-refractivity contribution in [2.75, 3.05) is 40.2 Å². The summed E-state index contributed by atoms with van der Waals surface area (Å²) in [6.45, 7) is 0.822. The molecule has 0 heterocycles. The number of carbonyl (C=O) groups is 1. The fourth-order valence-corrected chi connectivity index (χ4v) is 2.54. The smallest absolute Gasteiger partial charge is 0.238 e. The summed E-state index contributed by atoms with van der Waals surface area (Å²) in [6.07, 6.45) is 0. The Hall–Kier alpha value is -2.73. The molecule has 0 saturated heterocycles. The number of benzene rings is 2. The van der Waals surface area contributed by atoms with Gasteiger partial charge in [0.1, 0.15) is 5.75 Å². The number of rotatable bonds is 8. The first-order chi connectivity index (χ1) is 12.1. The lowest BCUT2D eigenvalue weighted by Gasteiger charge is -2.19. The van der Waals surface area contributed by atoms with E-state index in [1.165, 1.54) is 0 Å². The van der Waals surface area contributed by atoms with E-state index in [1.54, 1.807) is 33.5 Å². The molecular formula is C19H24N2O4. The van der Waals surface area contributed by atoms with Crippen molar-refractivity contribution < 1.29 is 19.0 Å². The Bertz CT molecular complexity index is 701. The van der Waals surface area contributed by atoms with E-state index in [2.05, 4.69) is 5.32 Å². The van der Waals surface area contributed by atoms with E-state index in [-0.39, 0.29) is 12.5 Å². The number of para-hydroxylation sites is 1. The minimum atomic E-state index is -0.0884. The molecule has 0 saturated carbocycles. The summed E-state index contributed by atoms with van der Waals surface area (Å²) in [6, 6.07) is 12.9. The van der Waals surface area contributed by atoms with E-state index in [0.29, 0.717) is 18.0 Å². The average Bonchev–Trinajstić information content (AvgIpc) is 2.61. The Labute approximate surface area is 148 Å². The third-order valence-electron chi connectivity index (χ3n) is 3.71. The van der Waals surface area contributed by atoms with Crippen LogP contribution in [-0.2, 0) is 11.3 Å². The minimum absolute atomic E-state index is 0.0884. The number of likely N-dealkylation sites (N-methyl/N-ethyl adjacent to an activating group) is 1. The topological polar surface area (TPSA) is 60.0 Å². The molecule has 6 nitrogen and oxygen atoms in total. The fourth-order valence-electron chi connectivity index (χ4n) is 2.54. The second-order valence-electron chi connectivity index (χ2n) is 5.60. The van der Waals surface area contributed by atoms with Crippen LogP contribution in [0.1, 0.15) is 5.56 Å². The molecule has 0 aliphatic heterocycles. The zero-order valence-corrected chi connectivity index (χ0v) is 15.0. The van der Waals surface area contributed by atoms with Gasteiger partial charge < -0.3 is 19.5 Å². The molecule has 25 heavy (non-hydrogen) atoms. The summed E-state index contributed by atoms with van der Waals surface area (Å²) < 4.78 is 15.8. The Balaban J connectivity index is 1.95. The molecule has 1 amide bonds. The van der Waals surface area contributed by atoms with Crippen molar-refractivity contribution in [1.82, 2.24) is 4.90 Å². The maximum absolute atomic E-state index is 12.2. The molecule has 1 N–H and O–H groups in total. The molecule has 0 spiro atoms. The highest BCUT2D eigenvalue weighted by Gasteiger charge is 2.13. The molecule has 0 bridgehead atoms. The van der Waals surface area contributed by atoms with Crippen LogP contribution in [0, 0.1) is 0 Å². The monoisotopic (exact) mass is 344 g/mol. The van der Waals surface area contributed by atoms with Crippen LogP contribution in [0.15, 0.2) is 42.5 Å². The zero-order valence-electron chi connectivity index (χ0n) is 15.0. The van der Waals surface area contributed by atoms with Crippen LogP contribution < -0.4 is 19.5 Å². The van der Waals surface area contributed by atoms with E-state index < -0.39 is 0 Å². The molecule has 0 unspecified atom stereocenters. The van der Waals surface area contributed by atoms with Crippen LogP contribution in [0.3, 0.4) is 0 Å². The van der Waals surface area contributed by atoms with Gasteiger partial charge in [0.15, 0.2) is 11.5 Å². The molecule has 2 rings (SSSR count). The summed E-state index contributed by atoms with van der Waals surface area (Å²) in [5.41, 5.74) is 1.69. The van der Waals surface area contributed by atoms with E-state index in [0.717, 1.165) is 17.0 Å². The molecule has 0 atom stereocenters. The third kappa shape index (κ3) is 5.12. The van der Waals surface area contributed by atoms with Crippen LogP contribution in [0.5, 0.6) is 17.2 Å². The zero-order chi connectivity index (χ0) is 18.2. The second kappa shape index (κ2) is 8.94. The largest absolute Gasteiger partial charge is 0.497 e. The van der Waals surface area contributed by atoms with E-state index in [1.807, 2.05) is 42.3 Å². The summed E-state index contributed by atoms with van der Waals surface area (Å²) in [5.74, 6) is 2.03. The maximum Gasteiger partial charge on any atom is 0.238 e. The molecule has 0 aliphatic rings. The molecule has 0 aliphatic carbocycles. The van der Waals surface area contributed by atoms with Gasteiger partial charge in [-0.05, 0) is 37.4 Å². The van der Waals surface area contributed by atoms with Crippen LogP contribution in [0.4, 0.5) is 5.69 Å². The highest BCUT2D eigenvalue weighted by molar-refractivity contribution is 5.92. The standard InChI is InChI=1S/C19H24N2O4/c1-21(12-14-6-5-7-17(24-3)19(14)25-4)13-18(22)20-15-8-10-16(23-2)11-9-15/h5-11H,12-13H2,1-4H3,(H,20,22). The first-order valence-corrected chi connectivity index (χ1v) is 7.89. The van der Waals surface area contributed by atoms with Crippen LogP contribution >= 0.6 is 0 Å². The molecule has 0 fully saturated rings. The Kier molecular flexibility index (Phi) is 6.65. The summed E-state index contributed by atoms with van der Waals surface area (Å²) in [4.78, 5) is 14.1. The minimum Gasteiger partial charge on any atom is -0.497 e. The van der Waals surface area contributed by atoms with Crippen LogP contribution in [-0.4, -0.2) is 45.7 Å². The fraction of sp³-hybridized carbons (Fsp3) is 0.316. The first kappa shape index (κ1) is 18.6. The lowest BCUT2D eigenvalue weighted by atomic mass is 10.1. The van der Waals surface area contributed by atoms with Crippen molar-refractivity contribution in [3.05, 3.63) is 48.0 Å². The van der Waals surface area contributed by atoms with Gasteiger partial charge in [0.25, 0.3) is 0 Å². The maximum atomic E-state index is 12.2. The lowest BCUT2D eigenvalue weighted by molar-refractivity contribution is -0.117. The normalized spacial score (nSPS) is 10.4. The second-order valence-corrected chi connectivity index (χ2v) is 5.60. The van der Waals surface area contributed by atoms with Gasteiger partial charge in [0.05, 0.1) is 27.9 Å². The number of amides is 1. The molecule has 6 heteroatoms. The van der Waals surface area contributed by atoms with E-state index >= 15 is 0 Å². The molecule has 134 valence electrons. The van der Waals surface area contributed by atoms with Gasteiger partial charge in [-0.1, -0.05) is 12.1 Å². The number of carbonyl (C=O) groups excluding carboxylic acids is 1. The number of ether oxygens (including phenoxy) is 3. The van der Waals surface area contributed by atoms with Crippen molar-refractivity contribution in [2.24, 2.45) is 0 Å². The van der Waals surface area contributed by atoms with Crippen molar-refractivity contribution in [3.8, 4) is 17.2 Å². The van der Waals surface area contributed by atoms with Gasteiger partial charge in [0.2, 0.25) is 5.91 Å². The van der Waals surface area contributed by atoms with Crippen molar-refractivity contribution in [3.63, 3.8) is 0 Å². The average molecular weight is 344 g/mol. The lowest BCUT2D eigenvalue weighted by Crippen LogP contribution is -2.30. The SMILES string of the molecule is COc1ccc(NC(=O)CN(C)Cc2cccc(OC)c2OC)cc1. The van der Waals surface area contributed by atoms with Gasteiger partial charge in [0, 0.05) is 17.8 Å². The number of anilines is 1. The number of hydrogen-bond acceptors (Lipinski definition) is 5. The summed E-state index contributed by atoms with van der Waals surface area (Å²) in [5, 5.41) is 2.87. The predicted octanol–water partition coefficient (Wildman–Crippen LogP) is 2.78. The van der Waals surface area contributed by atoms with Crippen LogP contribution in [0.2, 0.25) is 0 Å². The van der Waals surface area contributed by atoms with Gasteiger partial charge in [-0.15, -0.1) is 0 Å². The Morgan fingerprint density at radius 3 is 2.32 bits per heavy atom. The molecule has 0 aromatic heterocycles. The first-order valence-electron chi connectivity index (χ1n) is 7.89. The third-order valence-corrected chi connectivity index (χ3v) is 3.71. The van der Waals surface area contributed by atoms with E-state index in [9.17, 15) is 4.79 Å². The van der Waals surface area contributed by atoms with E-state index in [4.69, 9.17) is 14.2 Å². The Morgan fingerprint density at radius 1 is 1.00 bits per heavy atom. The summed E-state index contributed by atoms with van der Waals surface area (Å²) >= 11 is 0. The highest BCUT2D eigenvalue weighted by atomic mass is 16.5. The summed E-state index contributed by atoms with van der Waals surface area (Å²) in [7, 11) is 6.70. The quantitative estimate of drug-likeness (QED) is 0.798. The van der Waals surface area contributed by atoms with Gasteiger partial charge in [-0.25, -0.2) is 0 Å². The van der Waals surface area contributed by atoms with Gasteiger partial charge in [-0.3, -0.25) is 9.69 Å². The number of methoxy groups -OCH3 is 3. The molecule has 2 aromatic rings. The van der Waals surface area contributed by atoms with Crippen LogP contribution in [0.25, 0.3) is 0 Å². The van der Waals surface area contributed by atoms with Crippen molar-refractivity contribution in [1.29, 1.82) is 0 Å². The van der Waals surface area contributed by atoms with Crippen molar-refractivity contribution in [2.45, 2.75) is 6.54 Å². The molecule has 0 radical (unpaired) electrons. The highest BCUT2D eigenvalue weighted by Crippen LogP contribution is 2.31. The van der Waals surface area contributed by atoms with Gasteiger partial charge in [-0.2, -0.15) is 0 Å². The molecule has 2 aromatic carbocycles. The molecular weight excluding hydrogens is 320 g/mol. The van der Waals surface area contributed by atoms with Crippen molar-refractivity contribution >= 4 is 11.6 Å². The Morgan fingerprint density at radius 2 is 1.72 bits per heavy atom. The number of nitrogens with zero attached hydrogens (tertiary/aromatic N) is 1. The number of hydrogen-bond donors (Lipinski definition) is 1. The number of nitrogens with one attached hydrogen (secondary N) is 1.